The van der Waals surface area contributed by atoms with Crippen LogP contribution in [0.3, 0.4) is 0 Å². The van der Waals surface area contributed by atoms with Gasteiger partial charge >= 0.3 is 6.09 Å². The van der Waals surface area contributed by atoms with E-state index in [0.29, 0.717) is 32.0 Å². The molecule has 0 aromatic rings. The van der Waals surface area contributed by atoms with Crippen LogP contribution >= 0.6 is 0 Å². The Morgan fingerprint density at radius 3 is 2.30 bits per heavy atom. The van der Waals surface area contributed by atoms with Crippen molar-refractivity contribution in [3.8, 4) is 0 Å². The highest BCUT2D eigenvalue weighted by molar-refractivity contribution is 5.77. The molecule has 5 heteroatoms. The number of carbonyl (C=O) groups excluding carboxylic acids is 2. The van der Waals surface area contributed by atoms with Gasteiger partial charge in [-0.3, -0.25) is 4.79 Å². The second kappa shape index (κ2) is 6.46. The minimum Gasteiger partial charge on any atom is -0.444 e. The predicted molar refractivity (Wildman–Crippen MR) is 78.4 cm³/mol. The Morgan fingerprint density at radius 2 is 1.85 bits per heavy atom. The summed E-state index contributed by atoms with van der Waals surface area (Å²) in [7, 11) is 0. The molecule has 0 unspecified atom stereocenters. The Labute approximate surface area is 122 Å². The minimum absolute atomic E-state index is 0.0729. The molecule has 1 fully saturated rings. The maximum absolute atomic E-state index is 12.1. The zero-order chi connectivity index (χ0) is 15.5. The number of carbonyl (C=O) groups is 2. The van der Waals surface area contributed by atoms with Gasteiger partial charge in [-0.25, -0.2) is 4.79 Å². The zero-order valence-electron chi connectivity index (χ0n) is 13.6. The highest BCUT2D eigenvalue weighted by Crippen LogP contribution is 2.20. The molecule has 0 N–H and O–H groups in total. The molecule has 116 valence electrons. The van der Waals surface area contributed by atoms with Crippen LogP contribution in [-0.4, -0.2) is 53.1 Å². The van der Waals surface area contributed by atoms with Gasteiger partial charge in [-0.05, 0) is 26.7 Å². The highest BCUT2D eigenvalue weighted by Gasteiger charge is 2.35. The van der Waals surface area contributed by atoms with Crippen molar-refractivity contribution in [1.82, 2.24) is 9.80 Å². The Bertz CT molecular complexity index is 361. The van der Waals surface area contributed by atoms with E-state index in [-0.39, 0.29) is 18.0 Å². The second-order valence-electron chi connectivity index (χ2n) is 6.68. The van der Waals surface area contributed by atoms with E-state index >= 15 is 0 Å². The largest absolute Gasteiger partial charge is 0.444 e. The first kappa shape index (κ1) is 16.8. The van der Waals surface area contributed by atoms with Crippen molar-refractivity contribution in [2.75, 3.05) is 19.6 Å². The smallest absolute Gasteiger partial charge is 0.410 e. The van der Waals surface area contributed by atoms with Crippen LogP contribution in [0, 0.1) is 5.92 Å². The number of hydrogen-bond donors (Lipinski definition) is 0. The van der Waals surface area contributed by atoms with Gasteiger partial charge in [0.1, 0.15) is 5.60 Å². The minimum atomic E-state index is -0.485. The molecule has 0 radical (unpaired) electrons. The number of rotatable bonds is 2. The Morgan fingerprint density at radius 1 is 1.25 bits per heavy atom. The van der Waals surface area contributed by atoms with Gasteiger partial charge in [-0.1, -0.05) is 20.8 Å². The molecule has 0 bridgehead atoms. The fourth-order valence-electron chi connectivity index (χ4n) is 2.39. The molecule has 0 aromatic carbocycles. The average molecular weight is 284 g/mol. The van der Waals surface area contributed by atoms with Crippen LogP contribution in [0.4, 0.5) is 4.79 Å². The summed E-state index contributed by atoms with van der Waals surface area (Å²) in [5.41, 5.74) is -0.485. The molecule has 1 aliphatic heterocycles. The van der Waals surface area contributed by atoms with E-state index in [1.54, 1.807) is 4.90 Å². The maximum atomic E-state index is 12.1. The van der Waals surface area contributed by atoms with E-state index in [2.05, 4.69) is 13.8 Å². The van der Waals surface area contributed by atoms with Crippen molar-refractivity contribution in [2.45, 2.75) is 59.6 Å². The van der Waals surface area contributed by atoms with E-state index in [0.717, 1.165) is 0 Å². The lowest BCUT2D eigenvalue weighted by Crippen LogP contribution is -2.58. The fraction of sp³-hybridized carbons (Fsp3) is 0.867. The monoisotopic (exact) mass is 284 g/mol. The summed E-state index contributed by atoms with van der Waals surface area (Å²) in [4.78, 5) is 27.7. The van der Waals surface area contributed by atoms with Crippen LogP contribution < -0.4 is 0 Å². The molecule has 0 saturated carbocycles. The first-order valence-corrected chi connectivity index (χ1v) is 7.43. The maximum Gasteiger partial charge on any atom is 0.410 e. The third-order valence-corrected chi connectivity index (χ3v) is 3.46. The van der Waals surface area contributed by atoms with Crippen LogP contribution in [0.1, 0.15) is 48.0 Å². The number of hydrogen-bond acceptors (Lipinski definition) is 3. The first-order valence-electron chi connectivity index (χ1n) is 7.43. The molecular formula is C15H28N2O3. The van der Waals surface area contributed by atoms with Crippen LogP contribution in [0.5, 0.6) is 0 Å². The molecule has 1 heterocycles. The van der Waals surface area contributed by atoms with Crippen LogP contribution in [0.25, 0.3) is 0 Å². The summed E-state index contributed by atoms with van der Waals surface area (Å²) in [6.07, 6.45) is 0.224. The Hall–Kier alpha value is -1.26. The lowest BCUT2D eigenvalue weighted by atomic mass is 9.99. The standard InChI is InChI=1S/C15H28N2O3/c1-7-13(18)17-9-8-16(10-12(17)11(2)3)14(19)20-15(4,5)6/h11-12H,7-10H2,1-6H3/t12-/m1/s1. The quantitative estimate of drug-likeness (QED) is 0.783. The van der Waals surface area contributed by atoms with E-state index in [1.807, 2.05) is 32.6 Å². The van der Waals surface area contributed by atoms with Crippen LogP contribution in [-0.2, 0) is 9.53 Å². The predicted octanol–water partition coefficient (Wildman–Crippen LogP) is 2.50. The molecule has 0 aromatic heterocycles. The number of ether oxygens (including phenoxy) is 1. The van der Waals surface area contributed by atoms with Crippen molar-refractivity contribution in [1.29, 1.82) is 0 Å². The van der Waals surface area contributed by atoms with E-state index in [9.17, 15) is 9.59 Å². The molecule has 0 spiro atoms. The van der Waals surface area contributed by atoms with E-state index in [1.165, 1.54) is 0 Å². The highest BCUT2D eigenvalue weighted by atomic mass is 16.6. The van der Waals surface area contributed by atoms with Gasteiger partial charge in [0, 0.05) is 26.1 Å². The number of piperazine rings is 1. The van der Waals surface area contributed by atoms with Crippen LogP contribution in [0.15, 0.2) is 0 Å². The summed E-state index contributed by atoms with van der Waals surface area (Å²) >= 11 is 0. The molecule has 1 aliphatic rings. The lowest BCUT2D eigenvalue weighted by Gasteiger charge is -2.43. The SMILES string of the molecule is CCC(=O)N1CCN(C(=O)OC(C)(C)C)C[C@@H]1C(C)C. The first-order chi connectivity index (χ1) is 9.15. The molecule has 1 atom stereocenters. The lowest BCUT2D eigenvalue weighted by molar-refractivity contribution is -0.137. The fourth-order valence-corrected chi connectivity index (χ4v) is 2.39. The second-order valence-corrected chi connectivity index (χ2v) is 6.68. The summed E-state index contributed by atoms with van der Waals surface area (Å²) in [5.74, 6) is 0.475. The van der Waals surface area contributed by atoms with E-state index < -0.39 is 5.60 Å². The van der Waals surface area contributed by atoms with Crippen molar-refractivity contribution < 1.29 is 14.3 Å². The molecule has 0 aliphatic carbocycles. The molecule has 1 rings (SSSR count). The van der Waals surface area contributed by atoms with Crippen LogP contribution in [0.2, 0.25) is 0 Å². The van der Waals surface area contributed by atoms with Gasteiger partial charge in [0.25, 0.3) is 0 Å². The molecule has 2 amide bonds. The van der Waals surface area contributed by atoms with Crippen molar-refractivity contribution in [3.63, 3.8) is 0 Å². The van der Waals surface area contributed by atoms with Gasteiger partial charge in [0.15, 0.2) is 0 Å². The van der Waals surface area contributed by atoms with Crippen molar-refractivity contribution >= 4 is 12.0 Å². The molecule has 5 nitrogen and oxygen atoms in total. The molecule has 1 saturated heterocycles. The molecule has 20 heavy (non-hydrogen) atoms. The average Bonchev–Trinajstić information content (AvgIpc) is 2.35. The summed E-state index contributed by atoms with van der Waals surface area (Å²) in [6.45, 7) is 13.3. The zero-order valence-corrected chi connectivity index (χ0v) is 13.6. The van der Waals surface area contributed by atoms with Crippen molar-refractivity contribution in [3.05, 3.63) is 0 Å². The third-order valence-electron chi connectivity index (χ3n) is 3.46. The summed E-state index contributed by atoms with van der Waals surface area (Å²) in [5, 5.41) is 0. The number of nitrogens with zero attached hydrogens (tertiary/aromatic N) is 2. The third kappa shape index (κ3) is 4.39. The van der Waals surface area contributed by atoms with Gasteiger partial charge < -0.3 is 14.5 Å². The van der Waals surface area contributed by atoms with Crippen molar-refractivity contribution in [2.24, 2.45) is 5.92 Å². The topological polar surface area (TPSA) is 49.9 Å². The number of amides is 2. The van der Waals surface area contributed by atoms with Gasteiger partial charge in [0.2, 0.25) is 5.91 Å². The Kier molecular flexibility index (Phi) is 5.42. The molecular weight excluding hydrogens is 256 g/mol. The normalized spacial score (nSPS) is 20.2. The van der Waals surface area contributed by atoms with E-state index in [4.69, 9.17) is 4.74 Å². The Balaban J connectivity index is 2.73. The van der Waals surface area contributed by atoms with Gasteiger partial charge in [-0.15, -0.1) is 0 Å². The van der Waals surface area contributed by atoms with Gasteiger partial charge in [-0.2, -0.15) is 0 Å². The summed E-state index contributed by atoms with van der Waals surface area (Å²) < 4.78 is 5.41. The van der Waals surface area contributed by atoms with Gasteiger partial charge in [0.05, 0.1) is 6.04 Å². The summed E-state index contributed by atoms with van der Waals surface area (Å²) in [6, 6.07) is 0.0729.